The number of para-hydroxylation sites is 1. The van der Waals surface area contributed by atoms with Gasteiger partial charge in [0.15, 0.2) is 0 Å². The van der Waals surface area contributed by atoms with Gasteiger partial charge >= 0.3 is 6.09 Å². The molecule has 1 aromatic rings. The van der Waals surface area contributed by atoms with Crippen LogP contribution in [0.25, 0.3) is 0 Å². The lowest BCUT2D eigenvalue weighted by Crippen LogP contribution is -2.28. The second kappa shape index (κ2) is 12.3. The summed E-state index contributed by atoms with van der Waals surface area (Å²) in [6, 6.07) is 9.05. The molecule has 1 N–H and O–H groups in total. The predicted octanol–water partition coefficient (Wildman–Crippen LogP) is 4.41. The SMILES string of the molecule is C=CC.CC.CCN(C(=O)O)c1ccccc1. The van der Waals surface area contributed by atoms with Gasteiger partial charge in [0.2, 0.25) is 0 Å². The Morgan fingerprint density at radius 1 is 1.35 bits per heavy atom. The van der Waals surface area contributed by atoms with Gasteiger partial charge in [-0.3, -0.25) is 4.90 Å². The summed E-state index contributed by atoms with van der Waals surface area (Å²) in [5.74, 6) is 0. The summed E-state index contributed by atoms with van der Waals surface area (Å²) in [6.45, 7) is 11.5. The summed E-state index contributed by atoms with van der Waals surface area (Å²) in [5, 5.41) is 8.75. The van der Waals surface area contributed by atoms with Crippen molar-refractivity contribution in [1.29, 1.82) is 0 Å². The van der Waals surface area contributed by atoms with E-state index in [-0.39, 0.29) is 0 Å². The van der Waals surface area contributed by atoms with Gasteiger partial charge in [-0.2, -0.15) is 0 Å². The molecule has 1 aromatic carbocycles. The van der Waals surface area contributed by atoms with Crippen molar-refractivity contribution < 1.29 is 9.90 Å². The van der Waals surface area contributed by atoms with Crippen LogP contribution < -0.4 is 4.90 Å². The van der Waals surface area contributed by atoms with Crippen LogP contribution in [0.3, 0.4) is 0 Å². The molecule has 3 heteroatoms. The molecule has 1 rings (SSSR count). The molecule has 0 fully saturated rings. The molecule has 0 aromatic heterocycles. The molecule has 96 valence electrons. The quantitative estimate of drug-likeness (QED) is 0.774. The van der Waals surface area contributed by atoms with Crippen LogP contribution >= 0.6 is 0 Å². The number of anilines is 1. The van der Waals surface area contributed by atoms with Gasteiger partial charge in [0.25, 0.3) is 0 Å². The lowest BCUT2D eigenvalue weighted by atomic mass is 10.3. The van der Waals surface area contributed by atoms with E-state index in [1.54, 1.807) is 25.1 Å². The van der Waals surface area contributed by atoms with Gasteiger partial charge in [0, 0.05) is 12.2 Å². The summed E-state index contributed by atoms with van der Waals surface area (Å²) < 4.78 is 0. The second-order valence-electron chi connectivity index (χ2n) is 2.77. The molecule has 17 heavy (non-hydrogen) atoms. The summed E-state index contributed by atoms with van der Waals surface area (Å²) >= 11 is 0. The lowest BCUT2D eigenvalue weighted by Gasteiger charge is -2.16. The van der Waals surface area contributed by atoms with Crippen LogP contribution in [-0.2, 0) is 0 Å². The van der Waals surface area contributed by atoms with Crippen molar-refractivity contribution in [3.63, 3.8) is 0 Å². The Kier molecular flexibility index (Phi) is 12.7. The van der Waals surface area contributed by atoms with Crippen LogP contribution in [0.4, 0.5) is 10.5 Å². The molecular weight excluding hydrogens is 214 g/mol. The Morgan fingerprint density at radius 2 is 1.76 bits per heavy atom. The van der Waals surface area contributed by atoms with E-state index in [1.165, 1.54) is 4.90 Å². The molecule has 0 saturated heterocycles. The first kappa shape index (κ1) is 17.6. The van der Waals surface area contributed by atoms with Crippen LogP contribution in [0, 0.1) is 0 Å². The maximum Gasteiger partial charge on any atom is 0.411 e. The number of nitrogens with zero attached hydrogens (tertiary/aromatic N) is 1. The van der Waals surface area contributed by atoms with Gasteiger partial charge in [-0.25, -0.2) is 4.79 Å². The molecule has 0 aliphatic heterocycles. The summed E-state index contributed by atoms with van der Waals surface area (Å²) in [5.41, 5.74) is 0.715. The molecule has 0 aliphatic rings. The standard InChI is InChI=1S/C9H11NO2.C3H6.C2H6/c1-2-10(9(11)12)8-6-4-3-5-7-8;1-3-2;1-2/h3-7H,2H2,1H3,(H,11,12);3H,1H2,2H3;1-2H3. The number of rotatable bonds is 2. The number of allylic oxidation sites excluding steroid dienone is 1. The highest BCUT2D eigenvalue weighted by Crippen LogP contribution is 2.12. The van der Waals surface area contributed by atoms with E-state index < -0.39 is 6.09 Å². The monoisotopic (exact) mass is 237 g/mol. The largest absolute Gasteiger partial charge is 0.465 e. The van der Waals surface area contributed by atoms with Gasteiger partial charge in [-0.1, -0.05) is 38.1 Å². The zero-order valence-electron chi connectivity index (χ0n) is 11.2. The molecule has 3 nitrogen and oxygen atoms in total. The van der Waals surface area contributed by atoms with Crippen molar-refractivity contribution in [2.75, 3.05) is 11.4 Å². The smallest absolute Gasteiger partial charge is 0.411 e. The van der Waals surface area contributed by atoms with E-state index in [0.29, 0.717) is 12.2 Å². The number of carboxylic acid groups (broad SMARTS) is 1. The molecule has 0 spiro atoms. The Morgan fingerprint density at radius 3 is 2.06 bits per heavy atom. The van der Waals surface area contributed by atoms with Gasteiger partial charge in [0.1, 0.15) is 0 Å². The molecule has 0 heterocycles. The highest BCUT2D eigenvalue weighted by molar-refractivity contribution is 5.85. The first-order chi connectivity index (χ1) is 8.17. The van der Waals surface area contributed by atoms with Crippen LogP contribution in [0.2, 0.25) is 0 Å². The minimum absolute atomic E-state index is 0.472. The zero-order chi connectivity index (χ0) is 13.7. The number of amides is 1. The van der Waals surface area contributed by atoms with Gasteiger partial charge in [-0.15, -0.1) is 6.58 Å². The maximum atomic E-state index is 10.7. The third-order valence-corrected chi connectivity index (χ3v) is 1.61. The molecule has 0 radical (unpaired) electrons. The topological polar surface area (TPSA) is 40.5 Å². The highest BCUT2D eigenvalue weighted by Gasteiger charge is 2.09. The first-order valence-electron chi connectivity index (χ1n) is 5.79. The Balaban J connectivity index is 0. The molecular formula is C14H23NO2. The predicted molar refractivity (Wildman–Crippen MR) is 74.7 cm³/mol. The van der Waals surface area contributed by atoms with Crippen LogP contribution in [0.1, 0.15) is 27.7 Å². The van der Waals surface area contributed by atoms with Gasteiger partial charge in [-0.05, 0) is 26.0 Å². The molecule has 0 saturated carbocycles. The van der Waals surface area contributed by atoms with Crippen LogP contribution in [0.15, 0.2) is 43.0 Å². The number of benzene rings is 1. The second-order valence-corrected chi connectivity index (χ2v) is 2.77. The van der Waals surface area contributed by atoms with Crippen molar-refractivity contribution in [1.82, 2.24) is 0 Å². The van der Waals surface area contributed by atoms with Gasteiger partial charge in [0.05, 0.1) is 0 Å². The fraction of sp³-hybridized carbons (Fsp3) is 0.357. The summed E-state index contributed by atoms with van der Waals surface area (Å²) in [7, 11) is 0. The first-order valence-corrected chi connectivity index (χ1v) is 5.79. The Labute approximate surface area is 104 Å². The summed E-state index contributed by atoms with van der Waals surface area (Å²) in [6.07, 6.45) is 0.837. The minimum atomic E-state index is -0.913. The van der Waals surface area contributed by atoms with E-state index in [9.17, 15) is 4.79 Å². The van der Waals surface area contributed by atoms with Crippen molar-refractivity contribution in [2.24, 2.45) is 0 Å². The van der Waals surface area contributed by atoms with E-state index in [2.05, 4.69) is 6.58 Å². The number of hydrogen-bond donors (Lipinski definition) is 1. The third-order valence-electron chi connectivity index (χ3n) is 1.61. The molecule has 0 atom stereocenters. The minimum Gasteiger partial charge on any atom is -0.465 e. The van der Waals surface area contributed by atoms with Crippen LogP contribution in [0.5, 0.6) is 0 Å². The van der Waals surface area contributed by atoms with Crippen molar-refractivity contribution in [3.05, 3.63) is 43.0 Å². The average Bonchev–Trinajstić information content (AvgIpc) is 2.34. The van der Waals surface area contributed by atoms with E-state index in [0.717, 1.165) is 0 Å². The zero-order valence-corrected chi connectivity index (χ0v) is 11.2. The molecule has 0 aliphatic carbocycles. The van der Waals surface area contributed by atoms with Crippen molar-refractivity contribution in [2.45, 2.75) is 27.7 Å². The number of hydrogen-bond acceptors (Lipinski definition) is 1. The maximum absolute atomic E-state index is 10.7. The fourth-order valence-electron chi connectivity index (χ4n) is 1.04. The Bertz CT molecular complexity index is 296. The van der Waals surface area contributed by atoms with Crippen molar-refractivity contribution >= 4 is 11.8 Å². The third kappa shape index (κ3) is 8.08. The van der Waals surface area contributed by atoms with E-state index in [1.807, 2.05) is 39.0 Å². The Hall–Kier alpha value is -1.77. The molecule has 0 unspecified atom stereocenters. The van der Waals surface area contributed by atoms with Gasteiger partial charge < -0.3 is 5.11 Å². The summed E-state index contributed by atoms with van der Waals surface area (Å²) in [4.78, 5) is 11.9. The average molecular weight is 237 g/mol. The van der Waals surface area contributed by atoms with Crippen LogP contribution in [-0.4, -0.2) is 17.7 Å². The highest BCUT2D eigenvalue weighted by atomic mass is 16.4. The fourth-order valence-corrected chi connectivity index (χ4v) is 1.04. The van der Waals surface area contributed by atoms with E-state index >= 15 is 0 Å². The van der Waals surface area contributed by atoms with E-state index in [4.69, 9.17) is 5.11 Å². The molecule has 0 bridgehead atoms. The van der Waals surface area contributed by atoms with Crippen molar-refractivity contribution in [3.8, 4) is 0 Å². The number of carbonyl (C=O) groups is 1. The molecule has 1 amide bonds. The lowest BCUT2D eigenvalue weighted by molar-refractivity contribution is 0.202. The normalized spacial score (nSPS) is 7.76.